The average molecular weight is 243 g/mol. The lowest BCUT2D eigenvalue weighted by Crippen LogP contribution is -2.20. The lowest BCUT2D eigenvalue weighted by atomic mass is 10.0. The van der Waals surface area contributed by atoms with E-state index in [2.05, 4.69) is 26.1 Å². The third-order valence-corrected chi connectivity index (χ3v) is 3.57. The predicted octanol–water partition coefficient (Wildman–Crippen LogP) is 4.00. The van der Waals surface area contributed by atoms with Crippen molar-refractivity contribution < 1.29 is 4.74 Å². The van der Waals surface area contributed by atoms with E-state index >= 15 is 0 Å². The third kappa shape index (κ3) is 10.8. The first-order valence-corrected chi connectivity index (χ1v) is 7.49. The van der Waals surface area contributed by atoms with Gasteiger partial charge in [-0.25, -0.2) is 0 Å². The summed E-state index contributed by atoms with van der Waals surface area (Å²) in [6, 6.07) is 0.642. The summed E-state index contributed by atoms with van der Waals surface area (Å²) in [5.74, 6) is 0.784. The van der Waals surface area contributed by atoms with Crippen LogP contribution in [0.25, 0.3) is 0 Å². The predicted molar refractivity (Wildman–Crippen MR) is 76.5 cm³/mol. The summed E-state index contributed by atoms with van der Waals surface area (Å²) in [5, 5.41) is 3.27. The molecule has 0 aromatic heterocycles. The highest BCUT2D eigenvalue weighted by Crippen LogP contribution is 2.13. The van der Waals surface area contributed by atoms with Crippen LogP contribution in [0.2, 0.25) is 0 Å². The Morgan fingerprint density at radius 1 is 1.06 bits per heavy atom. The van der Waals surface area contributed by atoms with E-state index in [0.717, 1.165) is 19.1 Å². The van der Waals surface area contributed by atoms with E-state index in [1.54, 1.807) is 0 Å². The van der Waals surface area contributed by atoms with E-state index in [9.17, 15) is 0 Å². The number of hydrogen-bond donors (Lipinski definition) is 1. The highest BCUT2D eigenvalue weighted by molar-refractivity contribution is 4.58. The van der Waals surface area contributed by atoms with Crippen LogP contribution >= 0.6 is 0 Å². The van der Waals surface area contributed by atoms with Crippen LogP contribution in [0.3, 0.4) is 0 Å². The summed E-state index contributed by atoms with van der Waals surface area (Å²) in [5.41, 5.74) is 0. The van der Waals surface area contributed by atoms with Crippen molar-refractivity contribution in [1.29, 1.82) is 0 Å². The quantitative estimate of drug-likeness (QED) is 0.523. The van der Waals surface area contributed by atoms with Gasteiger partial charge in [0, 0.05) is 19.3 Å². The Balaban J connectivity index is 3.30. The minimum absolute atomic E-state index is 0.642. The minimum atomic E-state index is 0.642. The molecule has 0 saturated carbocycles. The largest absolute Gasteiger partial charge is 0.381 e. The Kier molecular flexibility index (Phi) is 12.3. The van der Waals surface area contributed by atoms with Crippen molar-refractivity contribution in [2.75, 3.05) is 20.3 Å². The van der Waals surface area contributed by atoms with E-state index in [-0.39, 0.29) is 0 Å². The molecular formula is C15H33NO. The molecule has 2 atom stereocenters. The molecule has 17 heavy (non-hydrogen) atoms. The summed E-state index contributed by atoms with van der Waals surface area (Å²) < 4.78 is 5.78. The fraction of sp³-hybridized carbons (Fsp3) is 1.00. The zero-order valence-electron chi connectivity index (χ0n) is 12.4. The summed E-state index contributed by atoms with van der Waals surface area (Å²) in [6.07, 6.45) is 8.98. The van der Waals surface area contributed by atoms with Crippen molar-refractivity contribution in [3.63, 3.8) is 0 Å². The third-order valence-electron chi connectivity index (χ3n) is 3.57. The van der Waals surface area contributed by atoms with E-state index in [0.29, 0.717) is 6.04 Å². The number of unbranched alkanes of at least 4 members (excludes halogenated alkanes) is 2. The van der Waals surface area contributed by atoms with Crippen molar-refractivity contribution in [3.05, 3.63) is 0 Å². The fourth-order valence-electron chi connectivity index (χ4n) is 1.95. The topological polar surface area (TPSA) is 21.3 Å². The van der Waals surface area contributed by atoms with E-state index in [1.165, 1.54) is 44.9 Å². The summed E-state index contributed by atoms with van der Waals surface area (Å²) in [6.45, 7) is 8.69. The minimum Gasteiger partial charge on any atom is -0.381 e. The second-order valence-electron chi connectivity index (χ2n) is 5.18. The van der Waals surface area contributed by atoms with Crippen molar-refractivity contribution in [1.82, 2.24) is 5.32 Å². The summed E-state index contributed by atoms with van der Waals surface area (Å²) >= 11 is 0. The van der Waals surface area contributed by atoms with E-state index in [4.69, 9.17) is 4.74 Å². The Hall–Kier alpha value is -0.0800. The van der Waals surface area contributed by atoms with Gasteiger partial charge in [0.15, 0.2) is 0 Å². The Bertz CT molecular complexity index is 150. The smallest absolute Gasteiger partial charge is 0.0494 e. The van der Waals surface area contributed by atoms with Gasteiger partial charge >= 0.3 is 0 Å². The van der Waals surface area contributed by atoms with Gasteiger partial charge in [-0.2, -0.15) is 0 Å². The van der Waals surface area contributed by atoms with Gasteiger partial charge in [-0.15, -0.1) is 0 Å². The van der Waals surface area contributed by atoms with E-state index < -0.39 is 0 Å². The van der Waals surface area contributed by atoms with Gasteiger partial charge in [-0.1, -0.05) is 33.1 Å². The first-order valence-electron chi connectivity index (χ1n) is 7.49. The Morgan fingerprint density at radius 2 is 1.82 bits per heavy atom. The Morgan fingerprint density at radius 3 is 2.41 bits per heavy atom. The van der Waals surface area contributed by atoms with Crippen molar-refractivity contribution >= 4 is 0 Å². The molecule has 0 saturated heterocycles. The standard InChI is InChI=1S/C15H33NO/c1-5-7-11-15(6-2)13-17-12-9-8-10-14(3)16-4/h14-16H,5-13H2,1-4H3. The zero-order valence-corrected chi connectivity index (χ0v) is 12.4. The maximum absolute atomic E-state index is 5.78. The van der Waals surface area contributed by atoms with Gasteiger partial charge in [0.1, 0.15) is 0 Å². The van der Waals surface area contributed by atoms with Crippen LogP contribution in [0.1, 0.15) is 65.7 Å². The number of nitrogens with one attached hydrogen (secondary N) is 1. The van der Waals surface area contributed by atoms with Crippen LogP contribution in [0.5, 0.6) is 0 Å². The summed E-state index contributed by atoms with van der Waals surface area (Å²) in [7, 11) is 2.03. The van der Waals surface area contributed by atoms with Crippen LogP contribution < -0.4 is 5.32 Å². The van der Waals surface area contributed by atoms with Crippen LogP contribution in [-0.2, 0) is 4.74 Å². The van der Waals surface area contributed by atoms with Crippen molar-refractivity contribution in [3.8, 4) is 0 Å². The monoisotopic (exact) mass is 243 g/mol. The highest BCUT2D eigenvalue weighted by Gasteiger charge is 2.05. The molecule has 0 bridgehead atoms. The number of rotatable bonds is 12. The Labute approximate surface area is 109 Å². The second-order valence-corrected chi connectivity index (χ2v) is 5.18. The molecule has 0 radical (unpaired) electrons. The molecular weight excluding hydrogens is 210 g/mol. The molecule has 2 unspecified atom stereocenters. The zero-order chi connectivity index (χ0) is 12.9. The first-order chi connectivity index (χ1) is 8.24. The first kappa shape index (κ1) is 16.9. The van der Waals surface area contributed by atoms with Crippen molar-refractivity contribution in [2.45, 2.75) is 71.8 Å². The molecule has 0 aromatic carbocycles. The molecule has 104 valence electrons. The maximum atomic E-state index is 5.78. The molecule has 1 N–H and O–H groups in total. The lowest BCUT2D eigenvalue weighted by Gasteiger charge is -2.15. The molecule has 0 rings (SSSR count). The van der Waals surface area contributed by atoms with Crippen LogP contribution in [0.4, 0.5) is 0 Å². The normalized spacial score (nSPS) is 14.8. The van der Waals surface area contributed by atoms with E-state index in [1.807, 2.05) is 7.05 Å². The molecule has 2 heteroatoms. The average Bonchev–Trinajstić information content (AvgIpc) is 2.36. The van der Waals surface area contributed by atoms with Gasteiger partial charge in [-0.3, -0.25) is 0 Å². The molecule has 0 aromatic rings. The molecule has 0 heterocycles. The van der Waals surface area contributed by atoms with Gasteiger partial charge < -0.3 is 10.1 Å². The molecule has 0 aliphatic rings. The highest BCUT2D eigenvalue weighted by atomic mass is 16.5. The van der Waals surface area contributed by atoms with Crippen LogP contribution in [0, 0.1) is 5.92 Å². The lowest BCUT2D eigenvalue weighted by molar-refractivity contribution is 0.0906. The van der Waals surface area contributed by atoms with Crippen LogP contribution in [-0.4, -0.2) is 26.3 Å². The maximum Gasteiger partial charge on any atom is 0.0494 e. The van der Waals surface area contributed by atoms with Gasteiger partial charge in [0.2, 0.25) is 0 Å². The molecule has 0 amide bonds. The fourth-order valence-corrected chi connectivity index (χ4v) is 1.95. The number of hydrogen-bond acceptors (Lipinski definition) is 2. The van der Waals surface area contributed by atoms with Gasteiger partial charge in [0.05, 0.1) is 0 Å². The molecule has 2 nitrogen and oxygen atoms in total. The number of ether oxygens (including phenoxy) is 1. The van der Waals surface area contributed by atoms with Gasteiger partial charge in [-0.05, 0) is 45.6 Å². The van der Waals surface area contributed by atoms with Crippen molar-refractivity contribution in [2.24, 2.45) is 5.92 Å². The molecule has 0 spiro atoms. The molecule has 0 aliphatic heterocycles. The summed E-state index contributed by atoms with van der Waals surface area (Å²) in [4.78, 5) is 0. The SMILES string of the molecule is CCCCC(CC)COCCCCC(C)NC. The molecule has 0 fully saturated rings. The second kappa shape index (κ2) is 12.4. The molecule has 0 aliphatic carbocycles. The van der Waals surface area contributed by atoms with Gasteiger partial charge in [0.25, 0.3) is 0 Å². The van der Waals surface area contributed by atoms with Crippen LogP contribution in [0.15, 0.2) is 0 Å².